The highest BCUT2D eigenvalue weighted by Gasteiger charge is 2.31. The number of carbonyl (C=O) groups is 1. The van der Waals surface area contributed by atoms with Crippen LogP contribution in [0.5, 0.6) is 5.75 Å². The number of likely N-dealkylation sites (tertiary alicyclic amines) is 1. The summed E-state index contributed by atoms with van der Waals surface area (Å²) >= 11 is 0. The van der Waals surface area contributed by atoms with Crippen LogP contribution in [-0.4, -0.2) is 46.3 Å². The van der Waals surface area contributed by atoms with Crippen molar-refractivity contribution >= 4 is 5.91 Å². The van der Waals surface area contributed by atoms with E-state index in [0.717, 1.165) is 29.7 Å². The average molecular weight is 444 g/mol. The molecule has 1 saturated heterocycles. The molecule has 0 unspecified atom stereocenters. The van der Waals surface area contributed by atoms with Gasteiger partial charge in [-0.2, -0.15) is 4.98 Å². The Balaban J connectivity index is 1.27. The Kier molecular flexibility index (Phi) is 5.64. The Bertz CT molecular complexity index is 1240. The third-order valence-corrected chi connectivity index (χ3v) is 6.05. The maximum Gasteiger partial charge on any atom is 0.259 e. The van der Waals surface area contributed by atoms with Gasteiger partial charge < -0.3 is 18.7 Å². The highest BCUT2D eigenvalue weighted by molar-refractivity contribution is 6.00. The lowest BCUT2D eigenvalue weighted by atomic mass is 9.95. The van der Waals surface area contributed by atoms with E-state index < -0.39 is 0 Å². The van der Waals surface area contributed by atoms with Gasteiger partial charge in [-0.25, -0.2) is 0 Å². The summed E-state index contributed by atoms with van der Waals surface area (Å²) in [5.41, 5.74) is 2.85. The van der Waals surface area contributed by atoms with Crippen molar-refractivity contribution in [3.8, 4) is 28.4 Å². The van der Waals surface area contributed by atoms with Crippen LogP contribution in [0.15, 0.2) is 63.6 Å². The number of aryl methyl sites for hydroxylation is 1. The number of hydrogen-bond donors (Lipinski definition) is 0. The molecule has 0 radical (unpaired) electrons. The summed E-state index contributed by atoms with van der Waals surface area (Å²) in [4.78, 5) is 19.8. The molecule has 1 amide bonds. The summed E-state index contributed by atoms with van der Waals surface area (Å²) in [6.45, 7) is 2.98. The van der Waals surface area contributed by atoms with Crippen LogP contribution in [0.1, 0.15) is 40.8 Å². The van der Waals surface area contributed by atoms with Crippen LogP contribution < -0.4 is 4.74 Å². The van der Waals surface area contributed by atoms with Crippen LogP contribution in [0.25, 0.3) is 22.6 Å². The zero-order valence-electron chi connectivity index (χ0n) is 18.5. The van der Waals surface area contributed by atoms with E-state index in [1.54, 1.807) is 14.0 Å². The second-order valence-corrected chi connectivity index (χ2v) is 8.08. The molecule has 0 aliphatic carbocycles. The van der Waals surface area contributed by atoms with Crippen LogP contribution in [0.3, 0.4) is 0 Å². The molecule has 0 atom stereocenters. The average Bonchev–Trinajstić information content (AvgIpc) is 3.52. The number of hydrogen-bond acceptors (Lipinski definition) is 7. The minimum absolute atomic E-state index is 0.0597. The van der Waals surface area contributed by atoms with Gasteiger partial charge in [-0.05, 0) is 44.0 Å². The smallest absolute Gasteiger partial charge is 0.259 e. The van der Waals surface area contributed by atoms with Crippen LogP contribution in [0, 0.1) is 6.92 Å². The van der Waals surface area contributed by atoms with E-state index in [4.69, 9.17) is 13.8 Å². The number of benzene rings is 2. The fourth-order valence-electron chi connectivity index (χ4n) is 4.16. The van der Waals surface area contributed by atoms with Crippen LogP contribution in [0.2, 0.25) is 0 Å². The fraction of sp³-hybridized carbons (Fsp3) is 0.280. The summed E-state index contributed by atoms with van der Waals surface area (Å²) in [5, 5.41) is 8.28. The summed E-state index contributed by atoms with van der Waals surface area (Å²) in [6.07, 6.45) is 1.50. The minimum Gasteiger partial charge on any atom is -0.497 e. The molecule has 5 rings (SSSR count). The fourth-order valence-corrected chi connectivity index (χ4v) is 4.16. The number of nitrogens with zero attached hydrogens (tertiary/aromatic N) is 4. The lowest BCUT2D eigenvalue weighted by Crippen LogP contribution is -2.38. The third kappa shape index (κ3) is 4.11. The Labute approximate surface area is 191 Å². The Morgan fingerprint density at radius 1 is 0.970 bits per heavy atom. The van der Waals surface area contributed by atoms with Gasteiger partial charge in [-0.15, -0.1) is 0 Å². The van der Waals surface area contributed by atoms with Gasteiger partial charge in [0.05, 0.1) is 7.11 Å². The van der Waals surface area contributed by atoms with Gasteiger partial charge in [-0.3, -0.25) is 4.79 Å². The van der Waals surface area contributed by atoms with E-state index >= 15 is 0 Å². The SMILES string of the molecule is COc1ccc(-c2noc(C3CCN(C(=O)c4c(-c5ccccc5)noc4C)CC3)n2)cc1. The first-order valence-corrected chi connectivity index (χ1v) is 10.9. The van der Waals surface area contributed by atoms with Gasteiger partial charge in [0.25, 0.3) is 5.91 Å². The van der Waals surface area contributed by atoms with E-state index in [1.807, 2.05) is 59.5 Å². The molecule has 8 heteroatoms. The first-order chi connectivity index (χ1) is 16.1. The lowest BCUT2D eigenvalue weighted by Gasteiger charge is -2.30. The summed E-state index contributed by atoms with van der Waals surface area (Å²) in [7, 11) is 1.63. The molecule has 8 nitrogen and oxygen atoms in total. The van der Waals surface area contributed by atoms with Crippen molar-refractivity contribution in [2.24, 2.45) is 0 Å². The number of rotatable bonds is 5. The quantitative estimate of drug-likeness (QED) is 0.439. The Morgan fingerprint density at radius 3 is 2.39 bits per heavy atom. The second-order valence-electron chi connectivity index (χ2n) is 8.08. The van der Waals surface area contributed by atoms with Crippen molar-refractivity contribution in [2.75, 3.05) is 20.2 Å². The molecule has 1 aliphatic heterocycles. The maximum atomic E-state index is 13.3. The van der Waals surface area contributed by atoms with Crippen LogP contribution in [-0.2, 0) is 0 Å². The van der Waals surface area contributed by atoms with Gasteiger partial charge in [0.1, 0.15) is 22.8 Å². The van der Waals surface area contributed by atoms with Gasteiger partial charge in [0.2, 0.25) is 11.7 Å². The zero-order chi connectivity index (χ0) is 22.8. The molecule has 168 valence electrons. The zero-order valence-corrected chi connectivity index (χ0v) is 18.5. The predicted molar refractivity (Wildman–Crippen MR) is 121 cm³/mol. The number of piperidine rings is 1. The van der Waals surface area contributed by atoms with Gasteiger partial charge in [0.15, 0.2) is 0 Å². The second kappa shape index (κ2) is 8.90. The van der Waals surface area contributed by atoms with Crippen LogP contribution >= 0.6 is 0 Å². The maximum absolute atomic E-state index is 13.3. The number of ether oxygens (including phenoxy) is 1. The van der Waals surface area contributed by atoms with E-state index in [0.29, 0.717) is 41.8 Å². The first-order valence-electron chi connectivity index (χ1n) is 10.9. The molecule has 4 aromatic rings. The van der Waals surface area contributed by atoms with E-state index in [2.05, 4.69) is 15.3 Å². The third-order valence-electron chi connectivity index (χ3n) is 6.05. The molecule has 0 N–H and O–H groups in total. The first kappa shape index (κ1) is 20.9. The lowest BCUT2D eigenvalue weighted by molar-refractivity contribution is 0.0703. The number of amides is 1. The molecule has 33 heavy (non-hydrogen) atoms. The van der Waals surface area contributed by atoms with E-state index in [9.17, 15) is 4.79 Å². The van der Waals surface area contributed by atoms with Gasteiger partial charge in [-0.1, -0.05) is 40.6 Å². The summed E-state index contributed by atoms with van der Waals surface area (Å²) in [6, 6.07) is 17.2. The topological polar surface area (TPSA) is 94.5 Å². The largest absolute Gasteiger partial charge is 0.497 e. The van der Waals surface area contributed by atoms with E-state index in [1.165, 1.54) is 0 Å². The standard InChI is InChI=1S/C25H24N4O4/c1-16-21(22(27-32-16)17-6-4-3-5-7-17)25(30)29-14-12-19(13-15-29)24-26-23(28-33-24)18-8-10-20(31-2)11-9-18/h3-11,19H,12-15H2,1-2H3. The number of carbonyl (C=O) groups excluding carboxylic acids is 1. The van der Waals surface area contributed by atoms with Gasteiger partial charge >= 0.3 is 0 Å². The van der Waals surface area contributed by atoms with Crippen LogP contribution in [0.4, 0.5) is 0 Å². The molecule has 3 heterocycles. The van der Waals surface area contributed by atoms with E-state index in [-0.39, 0.29) is 11.8 Å². The summed E-state index contributed by atoms with van der Waals surface area (Å²) in [5.74, 6) is 2.53. The normalized spacial score (nSPS) is 14.4. The van der Waals surface area contributed by atoms with Crippen molar-refractivity contribution in [2.45, 2.75) is 25.7 Å². The number of aromatic nitrogens is 3. The summed E-state index contributed by atoms with van der Waals surface area (Å²) < 4.78 is 16.1. The van der Waals surface area contributed by atoms with Crippen molar-refractivity contribution in [1.29, 1.82) is 0 Å². The van der Waals surface area contributed by atoms with Crippen molar-refractivity contribution in [3.63, 3.8) is 0 Å². The molecule has 1 fully saturated rings. The monoisotopic (exact) mass is 444 g/mol. The predicted octanol–water partition coefficient (Wildman–Crippen LogP) is 4.73. The van der Waals surface area contributed by atoms with Crippen molar-refractivity contribution in [3.05, 3.63) is 71.8 Å². The van der Waals surface area contributed by atoms with Crippen molar-refractivity contribution < 1.29 is 18.6 Å². The molecule has 1 aliphatic rings. The number of methoxy groups -OCH3 is 1. The Morgan fingerprint density at radius 2 is 1.70 bits per heavy atom. The minimum atomic E-state index is -0.0597. The molecule has 0 bridgehead atoms. The molecule has 0 saturated carbocycles. The molecule has 0 spiro atoms. The van der Waals surface area contributed by atoms with Gasteiger partial charge in [0, 0.05) is 30.1 Å². The molecular formula is C25H24N4O4. The highest BCUT2D eigenvalue weighted by atomic mass is 16.5. The van der Waals surface area contributed by atoms with Crippen molar-refractivity contribution in [1.82, 2.24) is 20.2 Å². The highest BCUT2D eigenvalue weighted by Crippen LogP contribution is 2.32. The molecule has 2 aromatic carbocycles. The molecular weight excluding hydrogens is 420 g/mol. The molecule has 2 aromatic heterocycles. The Hall–Kier alpha value is -3.94.